The molecular weight excluding hydrogens is 386 g/mol. The maximum absolute atomic E-state index is 12.8. The van der Waals surface area contributed by atoms with E-state index in [1.165, 1.54) is 15.9 Å². The second kappa shape index (κ2) is 7.58. The second-order valence-electron chi connectivity index (χ2n) is 7.24. The number of cyclic esters (lactones) is 1. The van der Waals surface area contributed by atoms with Crippen LogP contribution in [0.1, 0.15) is 23.5 Å². The first-order chi connectivity index (χ1) is 14.7. The number of ether oxygens (including phenoxy) is 2. The van der Waals surface area contributed by atoms with Crippen LogP contribution in [-0.2, 0) is 20.8 Å². The number of aromatic nitrogens is 4. The Morgan fingerprint density at radius 3 is 2.47 bits per heavy atom. The van der Waals surface area contributed by atoms with E-state index < -0.39 is 18.1 Å². The van der Waals surface area contributed by atoms with Crippen molar-refractivity contribution in [3.8, 4) is 11.1 Å². The van der Waals surface area contributed by atoms with Crippen molar-refractivity contribution in [3.63, 3.8) is 0 Å². The molecule has 1 saturated heterocycles. The fourth-order valence-corrected chi connectivity index (χ4v) is 4.11. The number of fused-ring (bicyclic) bond motifs is 3. The highest BCUT2D eigenvalue weighted by Crippen LogP contribution is 2.44. The molecule has 0 spiro atoms. The summed E-state index contributed by atoms with van der Waals surface area (Å²) >= 11 is 0. The lowest BCUT2D eigenvalue weighted by Crippen LogP contribution is -2.39. The molecule has 0 unspecified atom stereocenters. The monoisotopic (exact) mass is 405 g/mol. The van der Waals surface area contributed by atoms with Gasteiger partial charge in [0.15, 0.2) is 6.73 Å². The van der Waals surface area contributed by atoms with Crippen LogP contribution >= 0.6 is 0 Å². The van der Waals surface area contributed by atoms with Gasteiger partial charge in [0.25, 0.3) is 0 Å². The Kier molecular flexibility index (Phi) is 4.62. The van der Waals surface area contributed by atoms with Gasteiger partial charge in [0.2, 0.25) is 0 Å². The third-order valence-corrected chi connectivity index (χ3v) is 5.59. The normalized spacial score (nSPS) is 17.5. The molecule has 3 aromatic rings. The Bertz CT molecular complexity index is 1040. The van der Waals surface area contributed by atoms with Crippen LogP contribution in [0.3, 0.4) is 0 Å². The molecule has 0 saturated carbocycles. The molecule has 0 bridgehead atoms. The predicted molar refractivity (Wildman–Crippen MR) is 104 cm³/mol. The van der Waals surface area contributed by atoms with Gasteiger partial charge in [-0.15, -0.1) is 5.10 Å². The summed E-state index contributed by atoms with van der Waals surface area (Å²) in [5.74, 6) is -0.489. The standard InChI is InChI=1S/C21H19N5O4/c27-20-19(9-10-25-12-22-23-24-25)26(13-30-20)21(28)29-11-18-16-7-3-1-5-14(16)15-6-2-4-8-17(15)18/h1-8,12,18-19H,9-11,13H2/t19-/m0/s1. The molecule has 5 rings (SSSR count). The summed E-state index contributed by atoms with van der Waals surface area (Å²) in [7, 11) is 0. The zero-order chi connectivity index (χ0) is 20.5. The minimum atomic E-state index is -0.718. The van der Waals surface area contributed by atoms with Crippen molar-refractivity contribution >= 4 is 12.1 Å². The highest BCUT2D eigenvalue weighted by atomic mass is 16.6. The van der Waals surface area contributed by atoms with E-state index in [2.05, 4.69) is 39.8 Å². The predicted octanol–water partition coefficient (Wildman–Crippen LogP) is 2.20. The van der Waals surface area contributed by atoms with Crippen LogP contribution in [0.5, 0.6) is 0 Å². The molecule has 2 heterocycles. The number of aryl methyl sites for hydroxylation is 1. The van der Waals surface area contributed by atoms with Crippen LogP contribution in [0.25, 0.3) is 11.1 Å². The van der Waals surface area contributed by atoms with Gasteiger partial charge in [-0.05, 0) is 39.1 Å². The van der Waals surface area contributed by atoms with E-state index >= 15 is 0 Å². The average Bonchev–Trinajstić information content (AvgIpc) is 3.49. The fourth-order valence-electron chi connectivity index (χ4n) is 4.11. The van der Waals surface area contributed by atoms with E-state index in [9.17, 15) is 9.59 Å². The van der Waals surface area contributed by atoms with Crippen molar-refractivity contribution in [3.05, 3.63) is 66.0 Å². The third-order valence-electron chi connectivity index (χ3n) is 5.59. The van der Waals surface area contributed by atoms with Crippen molar-refractivity contribution < 1.29 is 19.1 Å². The minimum Gasteiger partial charge on any atom is -0.448 e. The summed E-state index contributed by atoms with van der Waals surface area (Å²) in [6.07, 6.45) is 1.23. The highest BCUT2D eigenvalue weighted by Gasteiger charge is 2.39. The molecule has 1 aliphatic carbocycles. The first kappa shape index (κ1) is 18.3. The molecule has 1 aliphatic heterocycles. The molecule has 0 N–H and O–H groups in total. The van der Waals surface area contributed by atoms with E-state index in [0.29, 0.717) is 13.0 Å². The number of hydrogen-bond acceptors (Lipinski definition) is 7. The van der Waals surface area contributed by atoms with Crippen LogP contribution in [-0.4, -0.2) is 56.5 Å². The summed E-state index contributed by atoms with van der Waals surface area (Å²) in [5, 5.41) is 10.9. The van der Waals surface area contributed by atoms with E-state index in [4.69, 9.17) is 9.47 Å². The van der Waals surface area contributed by atoms with Crippen LogP contribution in [0.4, 0.5) is 4.79 Å². The van der Waals surface area contributed by atoms with E-state index in [0.717, 1.165) is 22.3 Å². The Hall–Kier alpha value is -3.75. The number of carbonyl (C=O) groups is 2. The quantitative estimate of drug-likeness (QED) is 0.600. The Balaban J connectivity index is 1.28. The summed E-state index contributed by atoms with van der Waals surface area (Å²) in [4.78, 5) is 26.2. The van der Waals surface area contributed by atoms with Gasteiger partial charge in [0, 0.05) is 12.5 Å². The van der Waals surface area contributed by atoms with Crippen LogP contribution in [0.15, 0.2) is 54.9 Å². The van der Waals surface area contributed by atoms with Crippen molar-refractivity contribution in [2.45, 2.75) is 24.9 Å². The third kappa shape index (κ3) is 3.18. The molecule has 1 fully saturated rings. The molecule has 30 heavy (non-hydrogen) atoms. The van der Waals surface area contributed by atoms with Gasteiger partial charge in [-0.1, -0.05) is 48.5 Å². The van der Waals surface area contributed by atoms with Crippen molar-refractivity contribution in [2.75, 3.05) is 13.3 Å². The smallest absolute Gasteiger partial charge is 0.413 e. The number of esters is 1. The molecular formula is C21H19N5O4. The van der Waals surface area contributed by atoms with E-state index in [1.54, 1.807) is 0 Å². The molecule has 1 amide bonds. The van der Waals surface area contributed by atoms with E-state index in [-0.39, 0.29) is 19.3 Å². The first-order valence-corrected chi connectivity index (χ1v) is 9.71. The molecule has 152 valence electrons. The van der Waals surface area contributed by atoms with Gasteiger partial charge >= 0.3 is 12.1 Å². The number of nitrogens with zero attached hydrogens (tertiary/aromatic N) is 5. The minimum absolute atomic E-state index is 0.0414. The lowest BCUT2D eigenvalue weighted by Gasteiger charge is -2.21. The zero-order valence-electron chi connectivity index (χ0n) is 16.0. The lowest BCUT2D eigenvalue weighted by molar-refractivity contribution is -0.139. The molecule has 2 aromatic carbocycles. The summed E-state index contributed by atoms with van der Waals surface area (Å²) in [6, 6.07) is 15.6. The SMILES string of the molecule is O=C1OCN(C(=O)OCC2c3ccccc3-c3ccccc32)[C@H]1CCn1cnnn1. The van der Waals surface area contributed by atoms with Gasteiger partial charge in [0.1, 0.15) is 19.0 Å². The van der Waals surface area contributed by atoms with Crippen LogP contribution in [0.2, 0.25) is 0 Å². The van der Waals surface area contributed by atoms with Crippen molar-refractivity contribution in [2.24, 2.45) is 0 Å². The lowest BCUT2D eigenvalue weighted by atomic mass is 9.98. The maximum Gasteiger partial charge on any atom is 0.413 e. The summed E-state index contributed by atoms with van der Waals surface area (Å²) in [6.45, 7) is 0.465. The number of benzene rings is 2. The molecule has 1 aromatic heterocycles. The molecule has 9 nitrogen and oxygen atoms in total. The second-order valence-corrected chi connectivity index (χ2v) is 7.24. The van der Waals surface area contributed by atoms with Gasteiger partial charge in [-0.25, -0.2) is 14.3 Å². The largest absolute Gasteiger partial charge is 0.448 e. The molecule has 0 radical (unpaired) electrons. The number of tetrazole rings is 1. The van der Waals surface area contributed by atoms with Crippen LogP contribution < -0.4 is 0 Å². The van der Waals surface area contributed by atoms with Gasteiger partial charge < -0.3 is 9.47 Å². The first-order valence-electron chi connectivity index (χ1n) is 9.71. The van der Waals surface area contributed by atoms with Crippen molar-refractivity contribution in [1.29, 1.82) is 0 Å². The van der Waals surface area contributed by atoms with Gasteiger partial charge in [0.05, 0.1) is 0 Å². The Morgan fingerprint density at radius 2 is 1.80 bits per heavy atom. The Morgan fingerprint density at radius 1 is 1.10 bits per heavy atom. The zero-order valence-corrected chi connectivity index (χ0v) is 16.0. The Labute approximate surface area is 172 Å². The average molecular weight is 405 g/mol. The van der Waals surface area contributed by atoms with Crippen molar-refractivity contribution in [1.82, 2.24) is 25.1 Å². The number of amides is 1. The van der Waals surface area contributed by atoms with Crippen LogP contribution in [0, 0.1) is 0 Å². The van der Waals surface area contributed by atoms with Gasteiger partial charge in [-0.3, -0.25) is 4.90 Å². The summed E-state index contributed by atoms with van der Waals surface area (Å²) < 4.78 is 12.2. The maximum atomic E-state index is 12.8. The highest BCUT2D eigenvalue weighted by molar-refractivity contribution is 5.84. The topological polar surface area (TPSA) is 99.4 Å². The molecule has 2 aliphatic rings. The summed E-state index contributed by atoms with van der Waals surface area (Å²) in [5.41, 5.74) is 4.59. The fraction of sp³-hybridized carbons (Fsp3) is 0.286. The molecule has 1 atom stereocenters. The molecule has 9 heteroatoms. The number of hydrogen-bond donors (Lipinski definition) is 0. The number of carbonyl (C=O) groups excluding carboxylic acids is 2. The van der Waals surface area contributed by atoms with Gasteiger partial charge in [-0.2, -0.15) is 0 Å². The number of rotatable bonds is 5. The van der Waals surface area contributed by atoms with E-state index in [1.807, 2.05) is 24.3 Å².